The van der Waals surface area contributed by atoms with Crippen LogP contribution in [-0.2, 0) is 11.8 Å². The summed E-state index contributed by atoms with van der Waals surface area (Å²) >= 11 is 0. The van der Waals surface area contributed by atoms with E-state index in [1.807, 2.05) is 0 Å². The first-order valence-electron chi connectivity index (χ1n) is 5.83. The van der Waals surface area contributed by atoms with Crippen LogP contribution >= 0.6 is 0 Å². The Hall–Kier alpha value is -2.11. The molecule has 0 saturated heterocycles. The van der Waals surface area contributed by atoms with Gasteiger partial charge >= 0.3 is 5.97 Å². The number of carbonyl (C=O) groups is 2. The lowest BCUT2D eigenvalue weighted by Gasteiger charge is -2.27. The van der Waals surface area contributed by atoms with Crippen molar-refractivity contribution < 1.29 is 14.7 Å². The SMILES string of the molecule is Cn1ccc(C(=O)N[C@H](C(=O)O)C(C)(C)C)cc1=O. The van der Waals surface area contributed by atoms with Crippen molar-refractivity contribution in [3.05, 3.63) is 34.2 Å². The van der Waals surface area contributed by atoms with Crippen LogP contribution in [0.5, 0.6) is 0 Å². The fourth-order valence-electron chi connectivity index (χ4n) is 1.55. The van der Waals surface area contributed by atoms with Gasteiger partial charge in [-0.15, -0.1) is 0 Å². The number of rotatable bonds is 3. The molecule has 0 spiro atoms. The number of nitrogens with zero attached hydrogens (tertiary/aromatic N) is 1. The van der Waals surface area contributed by atoms with Crippen molar-refractivity contribution in [3.8, 4) is 0 Å². The van der Waals surface area contributed by atoms with Crippen LogP contribution in [0.15, 0.2) is 23.1 Å². The van der Waals surface area contributed by atoms with Crippen LogP contribution < -0.4 is 10.9 Å². The van der Waals surface area contributed by atoms with Crippen LogP contribution in [0.4, 0.5) is 0 Å². The van der Waals surface area contributed by atoms with E-state index < -0.39 is 23.3 Å². The normalized spacial score (nSPS) is 12.8. The Labute approximate surface area is 111 Å². The molecule has 1 aromatic rings. The summed E-state index contributed by atoms with van der Waals surface area (Å²) in [4.78, 5) is 34.5. The highest BCUT2D eigenvalue weighted by atomic mass is 16.4. The Kier molecular flexibility index (Phi) is 4.14. The molecule has 0 aromatic carbocycles. The molecule has 1 heterocycles. The summed E-state index contributed by atoms with van der Waals surface area (Å²) in [6.45, 7) is 5.16. The molecule has 0 saturated carbocycles. The zero-order valence-corrected chi connectivity index (χ0v) is 11.4. The summed E-state index contributed by atoms with van der Waals surface area (Å²) in [5.74, 6) is -1.68. The number of carbonyl (C=O) groups excluding carboxylic acids is 1. The van der Waals surface area contributed by atoms with E-state index in [-0.39, 0.29) is 11.1 Å². The summed E-state index contributed by atoms with van der Waals surface area (Å²) in [5, 5.41) is 11.6. The van der Waals surface area contributed by atoms with E-state index in [4.69, 9.17) is 5.11 Å². The molecule has 1 amide bonds. The van der Waals surface area contributed by atoms with Crippen LogP contribution in [0, 0.1) is 5.41 Å². The molecule has 0 radical (unpaired) electrons. The maximum Gasteiger partial charge on any atom is 0.326 e. The fraction of sp³-hybridized carbons (Fsp3) is 0.462. The fourth-order valence-corrected chi connectivity index (χ4v) is 1.55. The molecule has 19 heavy (non-hydrogen) atoms. The summed E-state index contributed by atoms with van der Waals surface area (Å²) < 4.78 is 1.33. The van der Waals surface area contributed by atoms with E-state index in [0.717, 1.165) is 0 Å². The lowest BCUT2D eigenvalue weighted by molar-refractivity contribution is -0.142. The smallest absolute Gasteiger partial charge is 0.326 e. The van der Waals surface area contributed by atoms with Gasteiger partial charge in [0.15, 0.2) is 0 Å². The molecule has 0 unspecified atom stereocenters. The molecule has 6 nitrogen and oxygen atoms in total. The quantitative estimate of drug-likeness (QED) is 0.839. The second-order valence-corrected chi connectivity index (χ2v) is 5.48. The highest BCUT2D eigenvalue weighted by Crippen LogP contribution is 2.19. The van der Waals surface area contributed by atoms with Crippen LogP contribution in [-0.4, -0.2) is 27.6 Å². The van der Waals surface area contributed by atoms with Crippen LogP contribution in [0.25, 0.3) is 0 Å². The Balaban J connectivity index is 2.98. The minimum atomic E-state index is -1.11. The maximum absolute atomic E-state index is 11.9. The Bertz CT molecular complexity index is 554. The molecule has 1 aromatic heterocycles. The summed E-state index contributed by atoms with van der Waals surface area (Å²) in [5.41, 5.74) is -0.796. The topological polar surface area (TPSA) is 88.4 Å². The third kappa shape index (κ3) is 3.67. The second-order valence-electron chi connectivity index (χ2n) is 5.48. The summed E-state index contributed by atoms with van der Waals surface area (Å²) in [7, 11) is 1.57. The number of carboxylic acid groups (broad SMARTS) is 1. The van der Waals surface area contributed by atoms with Gasteiger partial charge in [0.25, 0.3) is 11.5 Å². The predicted molar refractivity (Wildman–Crippen MR) is 70.0 cm³/mol. The third-order valence-corrected chi connectivity index (χ3v) is 2.75. The first kappa shape index (κ1) is 14.9. The summed E-state index contributed by atoms with van der Waals surface area (Å²) in [6.07, 6.45) is 1.46. The lowest BCUT2D eigenvalue weighted by atomic mass is 9.86. The number of aryl methyl sites for hydroxylation is 1. The molecular formula is C13H18N2O4. The first-order chi connectivity index (χ1) is 8.62. The average Bonchev–Trinajstić information content (AvgIpc) is 2.27. The first-order valence-corrected chi connectivity index (χ1v) is 5.83. The van der Waals surface area contributed by atoms with Gasteiger partial charge in [-0.2, -0.15) is 0 Å². The van der Waals surface area contributed by atoms with Gasteiger partial charge in [0.2, 0.25) is 0 Å². The van der Waals surface area contributed by atoms with Crippen molar-refractivity contribution in [2.45, 2.75) is 26.8 Å². The van der Waals surface area contributed by atoms with E-state index in [9.17, 15) is 14.4 Å². The maximum atomic E-state index is 11.9. The number of hydrogen-bond donors (Lipinski definition) is 2. The number of hydrogen-bond acceptors (Lipinski definition) is 3. The zero-order chi connectivity index (χ0) is 14.8. The highest BCUT2D eigenvalue weighted by molar-refractivity contribution is 5.96. The molecule has 1 rings (SSSR count). The van der Waals surface area contributed by atoms with Crippen LogP contribution in [0.2, 0.25) is 0 Å². The van der Waals surface area contributed by atoms with Gasteiger partial charge in [0.1, 0.15) is 6.04 Å². The number of amides is 1. The molecule has 1 atom stereocenters. The van der Waals surface area contributed by atoms with Crippen molar-refractivity contribution in [1.29, 1.82) is 0 Å². The molecule has 104 valence electrons. The number of nitrogens with one attached hydrogen (secondary N) is 1. The van der Waals surface area contributed by atoms with Gasteiger partial charge in [-0.1, -0.05) is 20.8 Å². The van der Waals surface area contributed by atoms with E-state index in [0.29, 0.717) is 0 Å². The molecule has 2 N–H and O–H groups in total. The molecule has 0 aliphatic heterocycles. The standard InChI is InChI=1S/C13H18N2O4/c1-13(2,3)10(12(18)19)14-11(17)8-5-6-15(4)9(16)7-8/h5-7,10H,1-4H3,(H,14,17)(H,18,19)/t10-/m1/s1. The number of pyridine rings is 1. The van der Waals surface area contributed by atoms with Gasteiger partial charge in [-0.3, -0.25) is 9.59 Å². The van der Waals surface area contributed by atoms with Gasteiger partial charge in [0, 0.05) is 24.9 Å². The minimum absolute atomic E-state index is 0.151. The molecule has 0 aliphatic rings. The van der Waals surface area contributed by atoms with Crippen LogP contribution in [0.3, 0.4) is 0 Å². The second kappa shape index (κ2) is 5.26. The van der Waals surface area contributed by atoms with Gasteiger partial charge < -0.3 is 15.0 Å². The Morgan fingerprint density at radius 2 is 1.95 bits per heavy atom. The van der Waals surface area contributed by atoms with Crippen molar-refractivity contribution in [3.63, 3.8) is 0 Å². The Morgan fingerprint density at radius 3 is 2.37 bits per heavy atom. The lowest BCUT2D eigenvalue weighted by Crippen LogP contribution is -2.49. The molecule has 0 fully saturated rings. The third-order valence-electron chi connectivity index (χ3n) is 2.75. The number of carboxylic acids is 1. The van der Waals surface area contributed by atoms with Crippen molar-refractivity contribution in [2.24, 2.45) is 12.5 Å². The average molecular weight is 266 g/mol. The Morgan fingerprint density at radius 1 is 1.37 bits per heavy atom. The van der Waals surface area contributed by atoms with E-state index in [1.54, 1.807) is 27.8 Å². The summed E-state index contributed by atoms with van der Waals surface area (Å²) in [6, 6.07) is 1.62. The molecular weight excluding hydrogens is 248 g/mol. The molecule has 6 heteroatoms. The number of aliphatic carboxylic acids is 1. The van der Waals surface area contributed by atoms with Gasteiger partial charge in [-0.05, 0) is 11.5 Å². The van der Waals surface area contributed by atoms with Crippen molar-refractivity contribution in [2.75, 3.05) is 0 Å². The van der Waals surface area contributed by atoms with E-state index in [2.05, 4.69) is 5.32 Å². The van der Waals surface area contributed by atoms with E-state index in [1.165, 1.54) is 22.9 Å². The van der Waals surface area contributed by atoms with Crippen LogP contribution in [0.1, 0.15) is 31.1 Å². The predicted octanol–water partition coefficient (Wildman–Crippen LogP) is 0.614. The van der Waals surface area contributed by atoms with E-state index >= 15 is 0 Å². The van der Waals surface area contributed by atoms with Crippen molar-refractivity contribution in [1.82, 2.24) is 9.88 Å². The monoisotopic (exact) mass is 266 g/mol. The van der Waals surface area contributed by atoms with Gasteiger partial charge in [0.05, 0.1) is 0 Å². The zero-order valence-electron chi connectivity index (χ0n) is 11.4. The molecule has 0 bridgehead atoms. The largest absolute Gasteiger partial charge is 0.480 e. The highest BCUT2D eigenvalue weighted by Gasteiger charge is 2.32. The van der Waals surface area contributed by atoms with Crippen molar-refractivity contribution >= 4 is 11.9 Å². The molecule has 0 aliphatic carbocycles. The number of aromatic nitrogens is 1. The minimum Gasteiger partial charge on any atom is -0.480 e. The van der Waals surface area contributed by atoms with Gasteiger partial charge in [-0.25, -0.2) is 4.79 Å².